The Kier molecular flexibility index (Phi) is 7.85. The van der Waals surface area contributed by atoms with Crippen molar-refractivity contribution in [2.75, 3.05) is 25.5 Å². The third kappa shape index (κ3) is 6.64. The molecule has 2 heterocycles. The molecule has 202 valence electrons. The Morgan fingerprint density at radius 2 is 1.76 bits per heavy atom. The van der Waals surface area contributed by atoms with Crippen molar-refractivity contribution in [1.82, 2.24) is 15.1 Å². The van der Waals surface area contributed by atoms with Crippen molar-refractivity contribution < 1.29 is 27.4 Å². The largest absolute Gasteiger partial charge is 0.496 e. The molecular formula is C27H35F3N4O3. The highest BCUT2D eigenvalue weighted by Crippen LogP contribution is 2.42. The molecule has 1 aromatic heterocycles. The highest BCUT2D eigenvalue weighted by Gasteiger charge is 2.34. The Hall–Kier alpha value is -3.04. The molecule has 2 aliphatic rings. The van der Waals surface area contributed by atoms with Crippen LogP contribution in [0, 0.1) is 0 Å². The number of nitrogens with one attached hydrogen (secondary N) is 1. The molecule has 1 saturated heterocycles. The molecule has 1 unspecified atom stereocenters. The molecule has 1 aliphatic carbocycles. The standard InChI is InChI=1S/C27H35F3N4O3/c1-26(2,3)37-25(35)34-12-8-11-20(16-34)31-22-14-18-10-7-5-6-9-17-13-19(27(28,29)30)15-21(36-4)23(17)24(18)33-32-22/h13-15,20H,5-12,16H2,1-4H3,(H,31,32). The van der Waals surface area contributed by atoms with Crippen molar-refractivity contribution >= 4 is 11.9 Å². The molecule has 10 heteroatoms. The van der Waals surface area contributed by atoms with E-state index >= 15 is 0 Å². The first-order chi connectivity index (χ1) is 17.4. The summed E-state index contributed by atoms with van der Waals surface area (Å²) in [7, 11) is 1.38. The van der Waals surface area contributed by atoms with Crippen LogP contribution in [0.15, 0.2) is 18.2 Å². The van der Waals surface area contributed by atoms with Gasteiger partial charge in [-0.25, -0.2) is 4.79 Å². The summed E-state index contributed by atoms with van der Waals surface area (Å²) < 4.78 is 51.6. The normalized spacial score (nSPS) is 18.6. The maximum Gasteiger partial charge on any atom is 0.416 e. The molecule has 1 amide bonds. The van der Waals surface area contributed by atoms with Crippen LogP contribution in [0.4, 0.5) is 23.8 Å². The second-order valence-corrected chi connectivity index (χ2v) is 10.8. The van der Waals surface area contributed by atoms with Crippen molar-refractivity contribution in [1.29, 1.82) is 0 Å². The smallest absolute Gasteiger partial charge is 0.416 e. The molecule has 37 heavy (non-hydrogen) atoms. The van der Waals surface area contributed by atoms with Crippen molar-refractivity contribution in [3.63, 3.8) is 0 Å². The van der Waals surface area contributed by atoms with E-state index in [1.165, 1.54) is 13.2 Å². The van der Waals surface area contributed by atoms with E-state index in [1.807, 2.05) is 26.8 Å². The van der Waals surface area contributed by atoms with Gasteiger partial charge in [0.05, 0.1) is 12.7 Å². The van der Waals surface area contributed by atoms with Crippen LogP contribution in [-0.2, 0) is 23.8 Å². The summed E-state index contributed by atoms with van der Waals surface area (Å²) in [5.74, 6) is 0.740. The number of piperidine rings is 1. The van der Waals surface area contributed by atoms with Crippen LogP contribution < -0.4 is 10.1 Å². The maximum atomic E-state index is 13.5. The molecule has 0 saturated carbocycles. The van der Waals surface area contributed by atoms with E-state index in [2.05, 4.69) is 15.5 Å². The first-order valence-corrected chi connectivity index (χ1v) is 12.8. The number of alkyl halides is 3. The van der Waals surface area contributed by atoms with E-state index in [-0.39, 0.29) is 17.9 Å². The predicted octanol–water partition coefficient (Wildman–Crippen LogP) is 6.25. The molecule has 0 radical (unpaired) electrons. The fourth-order valence-electron chi connectivity index (χ4n) is 4.97. The van der Waals surface area contributed by atoms with Gasteiger partial charge in [-0.05, 0) is 88.6 Å². The number of fused-ring (bicyclic) bond motifs is 3. The van der Waals surface area contributed by atoms with Crippen molar-refractivity contribution in [2.24, 2.45) is 0 Å². The van der Waals surface area contributed by atoms with Gasteiger partial charge in [0.2, 0.25) is 0 Å². The number of methoxy groups -OCH3 is 1. The number of halogens is 3. The topological polar surface area (TPSA) is 76.6 Å². The van der Waals surface area contributed by atoms with Crippen LogP contribution in [-0.4, -0.2) is 53.0 Å². The highest BCUT2D eigenvalue weighted by atomic mass is 19.4. The Morgan fingerprint density at radius 1 is 1.03 bits per heavy atom. The Balaban J connectivity index is 1.61. The zero-order chi connectivity index (χ0) is 26.8. The minimum atomic E-state index is -4.46. The van der Waals surface area contributed by atoms with E-state index in [0.29, 0.717) is 42.1 Å². The van der Waals surface area contributed by atoms with E-state index in [4.69, 9.17) is 9.47 Å². The number of carbonyl (C=O) groups is 1. The molecule has 1 atom stereocenters. The minimum absolute atomic E-state index is 0.0129. The minimum Gasteiger partial charge on any atom is -0.496 e. The van der Waals surface area contributed by atoms with E-state index in [9.17, 15) is 18.0 Å². The van der Waals surface area contributed by atoms with Crippen LogP contribution in [0.3, 0.4) is 0 Å². The molecule has 1 fully saturated rings. The zero-order valence-corrected chi connectivity index (χ0v) is 21.9. The number of aromatic nitrogens is 2. The van der Waals surface area contributed by atoms with Crippen LogP contribution >= 0.6 is 0 Å². The van der Waals surface area contributed by atoms with Gasteiger partial charge < -0.3 is 19.7 Å². The summed E-state index contributed by atoms with van der Waals surface area (Å²) in [6.45, 7) is 6.66. The maximum absolute atomic E-state index is 13.5. The average Bonchev–Trinajstić information content (AvgIpc) is 2.90. The van der Waals surface area contributed by atoms with Gasteiger partial charge in [-0.15, -0.1) is 10.2 Å². The predicted molar refractivity (Wildman–Crippen MR) is 135 cm³/mol. The summed E-state index contributed by atoms with van der Waals surface area (Å²) in [5, 5.41) is 12.3. The van der Waals surface area contributed by atoms with Crippen LogP contribution in [0.2, 0.25) is 0 Å². The summed E-state index contributed by atoms with van der Waals surface area (Å²) in [6.07, 6.45) is 0.740. The molecule has 7 nitrogen and oxygen atoms in total. The number of carbonyl (C=O) groups excluding carboxylic acids is 1. The molecule has 4 rings (SSSR count). The van der Waals surface area contributed by atoms with Gasteiger partial charge in [0.25, 0.3) is 0 Å². The van der Waals surface area contributed by atoms with E-state index in [0.717, 1.165) is 50.2 Å². The molecular weight excluding hydrogens is 485 g/mol. The molecule has 1 aromatic carbocycles. The monoisotopic (exact) mass is 520 g/mol. The lowest BCUT2D eigenvalue weighted by molar-refractivity contribution is -0.137. The number of nitrogens with zero attached hydrogens (tertiary/aromatic N) is 3. The highest BCUT2D eigenvalue weighted by molar-refractivity contribution is 5.75. The van der Waals surface area contributed by atoms with Crippen molar-refractivity contribution in [3.05, 3.63) is 34.9 Å². The summed E-state index contributed by atoms with van der Waals surface area (Å²) >= 11 is 0. The third-order valence-corrected chi connectivity index (χ3v) is 6.66. The number of likely N-dealkylation sites (tertiary alicyclic amines) is 1. The summed E-state index contributed by atoms with van der Waals surface area (Å²) in [6, 6.07) is 4.18. The number of rotatable bonds is 3. The number of benzene rings is 1. The lowest BCUT2D eigenvalue weighted by atomic mass is 9.94. The van der Waals surface area contributed by atoms with Crippen LogP contribution in [0.5, 0.6) is 5.75 Å². The molecule has 2 aromatic rings. The Labute approximate surface area is 215 Å². The van der Waals surface area contributed by atoms with Crippen LogP contribution in [0.1, 0.15) is 69.6 Å². The van der Waals surface area contributed by atoms with Crippen molar-refractivity contribution in [3.8, 4) is 17.0 Å². The fourth-order valence-corrected chi connectivity index (χ4v) is 4.97. The van der Waals surface area contributed by atoms with Gasteiger partial charge in [-0.1, -0.05) is 6.42 Å². The van der Waals surface area contributed by atoms with Gasteiger partial charge in [-0.3, -0.25) is 0 Å². The first-order valence-electron chi connectivity index (χ1n) is 12.8. The first kappa shape index (κ1) is 27.0. The molecule has 1 aliphatic heterocycles. The number of hydrogen-bond donors (Lipinski definition) is 1. The second kappa shape index (κ2) is 10.8. The van der Waals surface area contributed by atoms with Gasteiger partial charge >= 0.3 is 12.3 Å². The zero-order valence-electron chi connectivity index (χ0n) is 21.9. The number of hydrogen-bond acceptors (Lipinski definition) is 6. The van der Waals surface area contributed by atoms with Gasteiger partial charge in [0.15, 0.2) is 0 Å². The summed E-state index contributed by atoms with van der Waals surface area (Å²) in [5.41, 5.74) is 1.35. The second-order valence-electron chi connectivity index (χ2n) is 10.8. The number of aryl methyl sites for hydroxylation is 2. The number of ether oxygens (including phenoxy) is 2. The average molecular weight is 521 g/mol. The van der Waals surface area contributed by atoms with Gasteiger partial charge in [-0.2, -0.15) is 13.2 Å². The van der Waals surface area contributed by atoms with Crippen molar-refractivity contribution in [2.45, 2.75) is 83.5 Å². The Morgan fingerprint density at radius 3 is 2.43 bits per heavy atom. The number of amides is 1. The van der Waals surface area contributed by atoms with E-state index in [1.54, 1.807) is 4.90 Å². The molecule has 1 N–H and O–H groups in total. The summed E-state index contributed by atoms with van der Waals surface area (Å²) in [4.78, 5) is 14.2. The third-order valence-electron chi connectivity index (χ3n) is 6.66. The molecule has 0 spiro atoms. The fraction of sp³-hybridized carbons (Fsp3) is 0.593. The lowest BCUT2D eigenvalue weighted by Gasteiger charge is -2.34. The number of anilines is 1. The SMILES string of the molecule is COc1cc(C(F)(F)F)cc2c1-c1nnc(NC3CCCN(C(=O)OC(C)(C)C)C3)cc1CCCCC2. The van der Waals surface area contributed by atoms with Gasteiger partial charge in [0, 0.05) is 24.7 Å². The van der Waals surface area contributed by atoms with E-state index < -0.39 is 17.3 Å². The molecule has 0 bridgehead atoms. The lowest BCUT2D eigenvalue weighted by Crippen LogP contribution is -2.47. The van der Waals surface area contributed by atoms with Gasteiger partial charge in [0.1, 0.15) is 22.9 Å². The quantitative estimate of drug-likeness (QED) is 0.516. The van der Waals surface area contributed by atoms with Crippen LogP contribution in [0.25, 0.3) is 11.3 Å². The Bertz CT molecular complexity index is 1130.